The van der Waals surface area contributed by atoms with Crippen molar-refractivity contribution in [3.05, 3.63) is 29.8 Å². The molecule has 1 amide bonds. The number of rotatable bonds is 4. The number of carbonyl (C=O) groups excluding carboxylic acids is 3. The highest BCUT2D eigenvalue weighted by Crippen LogP contribution is 2.20. The Balaban J connectivity index is 2.65. The second-order valence-corrected chi connectivity index (χ2v) is 7.52. The molecule has 5 nitrogen and oxygen atoms in total. The van der Waals surface area contributed by atoms with E-state index in [4.69, 9.17) is 4.74 Å². The Morgan fingerprint density at radius 2 is 1.43 bits per heavy atom. The number of esters is 1. The van der Waals surface area contributed by atoms with Crippen LogP contribution in [0, 0.1) is 10.8 Å². The molecule has 0 unspecified atom stereocenters. The maximum absolute atomic E-state index is 12.0. The molecule has 1 N–H and O–H groups in total. The molecule has 0 atom stereocenters. The van der Waals surface area contributed by atoms with Gasteiger partial charge in [0.15, 0.2) is 5.78 Å². The number of ether oxygens (including phenoxy) is 1. The number of amides is 1. The van der Waals surface area contributed by atoms with E-state index in [1.54, 1.807) is 65.8 Å². The molecule has 0 saturated carbocycles. The minimum atomic E-state index is -0.592. The molecule has 0 aromatic heterocycles. The lowest BCUT2D eigenvalue weighted by Crippen LogP contribution is -2.37. The van der Waals surface area contributed by atoms with Gasteiger partial charge in [-0.3, -0.25) is 14.4 Å². The SMILES string of the molecule is CC(C)(C)C(=O)NCC(=O)c1ccc(OC(=O)C(C)(C)C)cc1. The molecule has 0 fully saturated rings. The number of nitrogens with one attached hydrogen (secondary N) is 1. The molecule has 1 rings (SSSR count). The molecule has 0 saturated heterocycles. The van der Waals surface area contributed by atoms with Gasteiger partial charge in [-0.05, 0) is 45.0 Å². The molecular weight excluding hydrogens is 294 g/mol. The van der Waals surface area contributed by atoms with E-state index in [0.29, 0.717) is 11.3 Å². The first kappa shape index (κ1) is 18.9. The van der Waals surface area contributed by atoms with E-state index in [1.807, 2.05) is 0 Å². The largest absolute Gasteiger partial charge is 0.426 e. The molecule has 0 heterocycles. The van der Waals surface area contributed by atoms with E-state index in [2.05, 4.69) is 5.32 Å². The normalized spacial score (nSPS) is 11.7. The Morgan fingerprint density at radius 1 is 0.913 bits per heavy atom. The van der Waals surface area contributed by atoms with Gasteiger partial charge in [-0.25, -0.2) is 0 Å². The van der Waals surface area contributed by atoms with Crippen molar-refractivity contribution in [3.63, 3.8) is 0 Å². The van der Waals surface area contributed by atoms with Crippen LogP contribution in [0.4, 0.5) is 0 Å². The van der Waals surface area contributed by atoms with E-state index < -0.39 is 10.8 Å². The molecule has 1 aromatic carbocycles. The van der Waals surface area contributed by atoms with Crippen molar-refractivity contribution in [1.29, 1.82) is 0 Å². The van der Waals surface area contributed by atoms with Gasteiger partial charge in [0.05, 0.1) is 12.0 Å². The Kier molecular flexibility index (Phi) is 5.70. The number of hydrogen-bond acceptors (Lipinski definition) is 4. The lowest BCUT2D eigenvalue weighted by atomic mass is 9.95. The van der Waals surface area contributed by atoms with E-state index in [9.17, 15) is 14.4 Å². The standard InChI is InChI=1S/C18H25NO4/c1-17(2,3)15(21)19-11-14(20)12-7-9-13(10-8-12)23-16(22)18(4,5)6/h7-10H,11H2,1-6H3,(H,19,21). The third kappa shape index (κ3) is 5.85. The predicted molar refractivity (Wildman–Crippen MR) is 88.3 cm³/mol. The summed E-state index contributed by atoms with van der Waals surface area (Å²) in [7, 11) is 0. The van der Waals surface area contributed by atoms with Gasteiger partial charge in [0, 0.05) is 11.0 Å². The van der Waals surface area contributed by atoms with Gasteiger partial charge in [0.2, 0.25) is 5.91 Å². The summed E-state index contributed by atoms with van der Waals surface area (Å²) in [6.45, 7) is 10.6. The average molecular weight is 319 g/mol. The van der Waals surface area contributed by atoms with Crippen LogP contribution in [0.2, 0.25) is 0 Å². The van der Waals surface area contributed by atoms with Crippen molar-refractivity contribution < 1.29 is 19.1 Å². The molecular formula is C18H25NO4. The minimum Gasteiger partial charge on any atom is -0.426 e. The van der Waals surface area contributed by atoms with E-state index in [0.717, 1.165) is 0 Å². The van der Waals surface area contributed by atoms with Crippen molar-refractivity contribution in [3.8, 4) is 5.75 Å². The highest BCUT2D eigenvalue weighted by molar-refractivity contribution is 5.99. The van der Waals surface area contributed by atoms with Crippen LogP contribution in [0.1, 0.15) is 51.9 Å². The zero-order valence-corrected chi connectivity index (χ0v) is 14.6. The van der Waals surface area contributed by atoms with Crippen LogP contribution in [0.15, 0.2) is 24.3 Å². The molecule has 0 aliphatic rings. The number of ketones is 1. The molecule has 0 spiro atoms. The predicted octanol–water partition coefficient (Wildman–Crippen LogP) is 2.98. The second-order valence-electron chi connectivity index (χ2n) is 7.52. The first-order chi connectivity index (χ1) is 10.4. The van der Waals surface area contributed by atoms with Gasteiger partial charge in [-0.2, -0.15) is 0 Å². The summed E-state index contributed by atoms with van der Waals surface area (Å²) in [5.74, 6) is -0.327. The number of carbonyl (C=O) groups is 3. The van der Waals surface area contributed by atoms with Crippen molar-refractivity contribution in [2.24, 2.45) is 10.8 Å². The van der Waals surface area contributed by atoms with Gasteiger partial charge in [0.1, 0.15) is 5.75 Å². The maximum atomic E-state index is 12.0. The highest BCUT2D eigenvalue weighted by atomic mass is 16.5. The van der Waals surface area contributed by atoms with Crippen LogP contribution in [0.5, 0.6) is 5.75 Å². The fourth-order valence-corrected chi connectivity index (χ4v) is 1.50. The third-order valence-corrected chi connectivity index (χ3v) is 3.09. The third-order valence-electron chi connectivity index (χ3n) is 3.09. The fraction of sp³-hybridized carbons (Fsp3) is 0.500. The minimum absolute atomic E-state index is 0.0583. The fourth-order valence-electron chi connectivity index (χ4n) is 1.50. The average Bonchev–Trinajstić information content (AvgIpc) is 2.43. The lowest BCUT2D eigenvalue weighted by Gasteiger charge is -2.17. The van der Waals surface area contributed by atoms with Crippen molar-refractivity contribution >= 4 is 17.7 Å². The van der Waals surface area contributed by atoms with Crippen molar-refractivity contribution in [1.82, 2.24) is 5.32 Å². The van der Waals surface area contributed by atoms with Gasteiger partial charge >= 0.3 is 5.97 Å². The quantitative estimate of drug-likeness (QED) is 0.526. The lowest BCUT2D eigenvalue weighted by molar-refractivity contribution is -0.143. The molecule has 0 radical (unpaired) electrons. The van der Waals surface area contributed by atoms with Crippen molar-refractivity contribution in [2.75, 3.05) is 6.54 Å². The first-order valence-electron chi connectivity index (χ1n) is 7.55. The van der Waals surface area contributed by atoms with E-state index in [1.165, 1.54) is 0 Å². The summed E-state index contributed by atoms with van der Waals surface area (Å²) in [4.78, 5) is 35.6. The topological polar surface area (TPSA) is 72.5 Å². The van der Waals surface area contributed by atoms with Crippen LogP contribution in [0.25, 0.3) is 0 Å². The summed E-state index contributed by atoms with van der Waals surface area (Å²) in [6, 6.07) is 6.30. The van der Waals surface area contributed by atoms with E-state index in [-0.39, 0.29) is 24.2 Å². The molecule has 0 aliphatic carbocycles. The van der Waals surface area contributed by atoms with Gasteiger partial charge < -0.3 is 10.1 Å². The Bertz CT molecular complexity index is 589. The van der Waals surface area contributed by atoms with Crippen LogP contribution in [-0.2, 0) is 9.59 Å². The second kappa shape index (κ2) is 6.94. The number of hydrogen-bond donors (Lipinski definition) is 1. The molecule has 5 heteroatoms. The molecule has 1 aromatic rings. The van der Waals surface area contributed by atoms with E-state index >= 15 is 0 Å². The van der Waals surface area contributed by atoms with Gasteiger partial charge in [-0.15, -0.1) is 0 Å². The Hall–Kier alpha value is -2.17. The van der Waals surface area contributed by atoms with Crippen LogP contribution in [0.3, 0.4) is 0 Å². The van der Waals surface area contributed by atoms with Crippen molar-refractivity contribution in [2.45, 2.75) is 41.5 Å². The van der Waals surface area contributed by atoms with Gasteiger partial charge in [0.25, 0.3) is 0 Å². The van der Waals surface area contributed by atoms with Crippen LogP contribution in [-0.4, -0.2) is 24.2 Å². The monoisotopic (exact) mass is 319 g/mol. The highest BCUT2D eigenvalue weighted by Gasteiger charge is 2.24. The first-order valence-corrected chi connectivity index (χ1v) is 7.55. The summed E-state index contributed by atoms with van der Waals surface area (Å²) in [5.41, 5.74) is -0.674. The Morgan fingerprint density at radius 3 is 1.87 bits per heavy atom. The summed E-state index contributed by atoms with van der Waals surface area (Å²) >= 11 is 0. The maximum Gasteiger partial charge on any atom is 0.316 e. The number of benzene rings is 1. The zero-order valence-electron chi connectivity index (χ0n) is 14.6. The number of Topliss-reactive ketones (excluding diaryl/α,β-unsaturated/α-hetero) is 1. The molecule has 23 heavy (non-hydrogen) atoms. The Labute approximate surface area is 137 Å². The van der Waals surface area contributed by atoms with Gasteiger partial charge in [-0.1, -0.05) is 20.8 Å². The summed E-state index contributed by atoms with van der Waals surface area (Å²) < 4.78 is 5.24. The molecule has 0 aliphatic heterocycles. The zero-order chi connectivity index (χ0) is 17.8. The summed E-state index contributed by atoms with van der Waals surface area (Å²) in [5, 5.41) is 2.61. The van der Waals surface area contributed by atoms with Crippen LogP contribution < -0.4 is 10.1 Å². The molecule has 126 valence electrons. The van der Waals surface area contributed by atoms with Crippen LogP contribution >= 0.6 is 0 Å². The summed E-state index contributed by atoms with van der Waals surface area (Å²) in [6.07, 6.45) is 0. The molecule has 0 bridgehead atoms. The smallest absolute Gasteiger partial charge is 0.316 e.